The molecule has 1 fully saturated rings. The summed E-state index contributed by atoms with van der Waals surface area (Å²) >= 11 is 0. The number of nitro benzene ring substituents is 1. The Balaban J connectivity index is 1.46. The summed E-state index contributed by atoms with van der Waals surface area (Å²) in [6.45, 7) is 0.162. The first-order valence-corrected chi connectivity index (χ1v) is 12.0. The number of rotatable bonds is 5. The van der Waals surface area contributed by atoms with E-state index in [1.54, 1.807) is 29.0 Å². The second kappa shape index (κ2) is 8.77. The molecule has 1 N–H and O–H groups in total. The number of nitrogens with one attached hydrogen (secondary N) is 1. The van der Waals surface area contributed by atoms with Gasteiger partial charge in [-0.2, -0.15) is 0 Å². The standard InChI is InChI=1S/C28H24N4O5/c1-37-24-12-5-2-7-18(24)15-30-16-25(33)31-23(28(30)34)14-21-20-10-3-4-11-22(20)29-26(21)27(31)17-8-6-9-19(13-17)32(35)36/h2-13,23,27,29H,14-16H2,1H3. The number of fused-ring (bicyclic) bond motifs is 4. The monoisotopic (exact) mass is 496 g/mol. The third-order valence-electron chi connectivity index (χ3n) is 7.29. The van der Waals surface area contributed by atoms with Gasteiger partial charge in [0.1, 0.15) is 18.3 Å². The van der Waals surface area contributed by atoms with E-state index in [1.807, 2.05) is 48.5 Å². The third kappa shape index (κ3) is 3.70. The van der Waals surface area contributed by atoms with Crippen molar-refractivity contribution >= 4 is 28.4 Å². The van der Waals surface area contributed by atoms with Gasteiger partial charge in [-0.3, -0.25) is 19.7 Å². The maximum absolute atomic E-state index is 13.9. The number of amides is 2. The Bertz CT molecular complexity index is 1560. The number of nitrogens with zero attached hydrogens (tertiary/aromatic N) is 3. The topological polar surface area (TPSA) is 109 Å². The van der Waals surface area contributed by atoms with Crippen LogP contribution in [0.3, 0.4) is 0 Å². The molecule has 0 saturated carbocycles. The molecule has 2 atom stereocenters. The van der Waals surface area contributed by atoms with Crippen LogP contribution >= 0.6 is 0 Å². The number of hydrogen-bond acceptors (Lipinski definition) is 5. The highest BCUT2D eigenvalue weighted by molar-refractivity contribution is 5.97. The maximum Gasteiger partial charge on any atom is 0.269 e. The fraction of sp³-hybridized carbons (Fsp3) is 0.214. The van der Waals surface area contributed by atoms with Gasteiger partial charge in [0.05, 0.1) is 18.1 Å². The van der Waals surface area contributed by atoms with Crippen LogP contribution in [0, 0.1) is 10.1 Å². The lowest BCUT2D eigenvalue weighted by Gasteiger charge is -2.47. The van der Waals surface area contributed by atoms with E-state index >= 15 is 0 Å². The first-order valence-electron chi connectivity index (χ1n) is 12.0. The van der Waals surface area contributed by atoms with Gasteiger partial charge in [0.25, 0.3) is 5.69 Å². The van der Waals surface area contributed by atoms with Gasteiger partial charge >= 0.3 is 0 Å². The molecule has 3 aromatic carbocycles. The molecule has 37 heavy (non-hydrogen) atoms. The molecule has 0 spiro atoms. The Labute approximate surface area is 212 Å². The van der Waals surface area contributed by atoms with E-state index in [2.05, 4.69) is 4.98 Å². The van der Waals surface area contributed by atoms with Crippen molar-refractivity contribution in [2.75, 3.05) is 13.7 Å². The Morgan fingerprint density at radius 3 is 2.65 bits per heavy atom. The van der Waals surface area contributed by atoms with E-state index < -0.39 is 17.0 Å². The minimum atomic E-state index is -0.730. The number of nitro groups is 1. The lowest BCUT2D eigenvalue weighted by molar-refractivity contribution is -0.384. The average Bonchev–Trinajstić information content (AvgIpc) is 3.29. The lowest BCUT2D eigenvalue weighted by atomic mass is 9.86. The summed E-state index contributed by atoms with van der Waals surface area (Å²) in [6.07, 6.45) is 0.359. The number of para-hydroxylation sites is 2. The molecule has 2 aliphatic rings. The largest absolute Gasteiger partial charge is 0.496 e. The molecular formula is C28H24N4O5. The van der Waals surface area contributed by atoms with Crippen molar-refractivity contribution in [2.24, 2.45) is 0 Å². The fourth-order valence-electron chi connectivity index (χ4n) is 5.65. The predicted molar refractivity (Wildman–Crippen MR) is 136 cm³/mol. The summed E-state index contributed by atoms with van der Waals surface area (Å²) in [6, 6.07) is 20.2. The van der Waals surface area contributed by atoms with Crippen LogP contribution in [0.2, 0.25) is 0 Å². The Morgan fingerprint density at radius 2 is 1.84 bits per heavy atom. The molecule has 6 rings (SSSR count). The number of piperazine rings is 1. The molecule has 4 aromatic rings. The minimum Gasteiger partial charge on any atom is -0.496 e. The molecule has 2 amide bonds. The molecule has 1 saturated heterocycles. The molecule has 0 bridgehead atoms. The van der Waals surface area contributed by atoms with Gasteiger partial charge in [0.15, 0.2) is 0 Å². The zero-order chi connectivity index (χ0) is 25.7. The highest BCUT2D eigenvalue weighted by Gasteiger charge is 2.48. The van der Waals surface area contributed by atoms with E-state index in [4.69, 9.17) is 4.74 Å². The van der Waals surface area contributed by atoms with Gasteiger partial charge in [-0.15, -0.1) is 0 Å². The highest BCUT2D eigenvalue weighted by atomic mass is 16.6. The van der Waals surface area contributed by atoms with Gasteiger partial charge in [0.2, 0.25) is 11.8 Å². The summed E-state index contributed by atoms with van der Waals surface area (Å²) in [5.41, 5.74) is 3.98. The van der Waals surface area contributed by atoms with Crippen LogP contribution in [-0.2, 0) is 22.6 Å². The van der Waals surface area contributed by atoms with Crippen LogP contribution in [0.1, 0.15) is 28.4 Å². The SMILES string of the molecule is COc1ccccc1CN1CC(=O)N2C(Cc3c([nH]c4ccccc34)C2c2cccc([N+](=O)[O-])c2)C1=O. The van der Waals surface area contributed by atoms with E-state index in [-0.39, 0.29) is 30.6 Å². The smallest absolute Gasteiger partial charge is 0.269 e. The molecular weight excluding hydrogens is 472 g/mol. The predicted octanol–water partition coefficient (Wildman–Crippen LogP) is 3.97. The second-order valence-electron chi connectivity index (χ2n) is 9.34. The first kappa shape index (κ1) is 22.8. The molecule has 0 aliphatic carbocycles. The molecule has 2 unspecified atom stereocenters. The van der Waals surface area contributed by atoms with Crippen molar-refractivity contribution < 1.29 is 19.2 Å². The molecule has 3 heterocycles. The van der Waals surface area contributed by atoms with Gasteiger partial charge in [0, 0.05) is 47.3 Å². The van der Waals surface area contributed by atoms with Crippen molar-refractivity contribution in [1.82, 2.24) is 14.8 Å². The van der Waals surface area contributed by atoms with Gasteiger partial charge in [-0.1, -0.05) is 48.5 Å². The number of aromatic amines is 1. The van der Waals surface area contributed by atoms with Crippen molar-refractivity contribution in [1.29, 1.82) is 0 Å². The average molecular weight is 497 g/mol. The quantitative estimate of drug-likeness (QED) is 0.332. The first-order chi connectivity index (χ1) is 18.0. The van der Waals surface area contributed by atoms with Crippen LogP contribution in [0.5, 0.6) is 5.75 Å². The van der Waals surface area contributed by atoms with Crippen LogP contribution in [0.4, 0.5) is 5.69 Å². The number of hydrogen-bond donors (Lipinski definition) is 1. The normalized spacial score (nSPS) is 19.1. The number of aromatic nitrogens is 1. The third-order valence-corrected chi connectivity index (χ3v) is 7.29. The van der Waals surface area contributed by atoms with E-state index in [0.29, 0.717) is 17.7 Å². The fourth-order valence-corrected chi connectivity index (χ4v) is 5.65. The van der Waals surface area contributed by atoms with Crippen LogP contribution in [-0.4, -0.2) is 51.2 Å². The zero-order valence-corrected chi connectivity index (χ0v) is 20.1. The molecule has 9 nitrogen and oxygen atoms in total. The number of methoxy groups -OCH3 is 1. The number of carbonyl (C=O) groups excluding carboxylic acids is 2. The summed E-state index contributed by atoms with van der Waals surface area (Å²) in [5, 5.41) is 12.5. The summed E-state index contributed by atoms with van der Waals surface area (Å²) in [4.78, 5) is 45.3. The van der Waals surface area contributed by atoms with Crippen molar-refractivity contribution in [3.05, 3.63) is 105 Å². The Hall–Kier alpha value is -4.66. The van der Waals surface area contributed by atoms with E-state index in [1.165, 1.54) is 12.1 Å². The van der Waals surface area contributed by atoms with Crippen molar-refractivity contribution in [2.45, 2.75) is 25.0 Å². The number of benzene rings is 3. The molecule has 9 heteroatoms. The number of carbonyl (C=O) groups is 2. The zero-order valence-electron chi connectivity index (χ0n) is 20.1. The van der Waals surface area contributed by atoms with E-state index in [0.717, 1.165) is 27.7 Å². The van der Waals surface area contributed by atoms with E-state index in [9.17, 15) is 19.7 Å². The molecule has 1 aromatic heterocycles. The lowest BCUT2D eigenvalue weighted by Crippen LogP contribution is -2.62. The second-order valence-corrected chi connectivity index (χ2v) is 9.34. The number of H-pyrrole nitrogens is 1. The van der Waals surface area contributed by atoms with Gasteiger partial charge < -0.3 is 19.5 Å². The minimum absolute atomic E-state index is 0.0640. The summed E-state index contributed by atoms with van der Waals surface area (Å²) < 4.78 is 5.45. The van der Waals surface area contributed by atoms with Crippen LogP contribution in [0.25, 0.3) is 10.9 Å². The van der Waals surface area contributed by atoms with Crippen molar-refractivity contribution in [3.8, 4) is 5.75 Å². The summed E-state index contributed by atoms with van der Waals surface area (Å²) in [5.74, 6) is 0.291. The van der Waals surface area contributed by atoms with Crippen LogP contribution in [0.15, 0.2) is 72.8 Å². The summed E-state index contributed by atoms with van der Waals surface area (Å²) in [7, 11) is 1.58. The number of non-ortho nitro benzene ring substituents is 1. The maximum atomic E-state index is 13.9. The number of ether oxygens (including phenoxy) is 1. The van der Waals surface area contributed by atoms with Crippen molar-refractivity contribution in [3.63, 3.8) is 0 Å². The van der Waals surface area contributed by atoms with Gasteiger partial charge in [-0.05, 0) is 23.3 Å². The Kier molecular flexibility index (Phi) is 5.40. The highest BCUT2D eigenvalue weighted by Crippen LogP contribution is 2.43. The molecule has 186 valence electrons. The molecule has 2 aliphatic heterocycles. The van der Waals surface area contributed by atoms with Crippen LogP contribution < -0.4 is 4.74 Å². The Morgan fingerprint density at radius 1 is 1.05 bits per heavy atom. The molecule has 0 radical (unpaired) electrons. The van der Waals surface area contributed by atoms with Gasteiger partial charge in [-0.25, -0.2) is 0 Å².